The highest BCUT2D eigenvalue weighted by Crippen LogP contribution is 2.35. The zero-order chi connectivity index (χ0) is 33.4. The van der Waals surface area contributed by atoms with Gasteiger partial charge in [-0.2, -0.15) is 24.9 Å². The summed E-state index contributed by atoms with van der Waals surface area (Å²) in [6.07, 6.45) is -1.80. The van der Waals surface area contributed by atoms with E-state index in [4.69, 9.17) is 5.11 Å². The Kier molecular flexibility index (Phi) is 11.0. The molecule has 1 saturated heterocycles. The van der Waals surface area contributed by atoms with Gasteiger partial charge in [-0.25, -0.2) is 0 Å². The lowest BCUT2D eigenvalue weighted by molar-refractivity contribution is -0.138. The SMILES string of the molecule is O=C(O)CCSCc1cccc(C(O)Nc2ccc(N3CCCC3)cc2-c2cc(C(=O)NCc3cccc(C(F)(F)F)c3)ccn2)c1. The monoisotopic (exact) mass is 664 g/mol. The third-order valence-electron chi connectivity index (χ3n) is 7.77. The third kappa shape index (κ3) is 9.26. The molecule has 0 bridgehead atoms. The van der Waals surface area contributed by atoms with Crippen LogP contribution in [0.4, 0.5) is 24.5 Å². The van der Waals surface area contributed by atoms with Crippen LogP contribution in [-0.2, 0) is 23.3 Å². The summed E-state index contributed by atoms with van der Waals surface area (Å²) in [5.41, 5.74) is 4.14. The van der Waals surface area contributed by atoms with Crippen LogP contribution < -0.4 is 15.5 Å². The molecule has 0 saturated carbocycles. The highest BCUT2D eigenvalue weighted by atomic mass is 32.2. The molecule has 47 heavy (non-hydrogen) atoms. The number of aliphatic hydroxyl groups is 1. The number of amides is 1. The number of aliphatic carboxylic acids is 1. The maximum atomic E-state index is 13.1. The minimum Gasteiger partial charge on any atom is -0.481 e. The number of aliphatic hydroxyl groups excluding tert-OH is 1. The first-order valence-electron chi connectivity index (χ1n) is 15.2. The Morgan fingerprint density at radius 3 is 2.49 bits per heavy atom. The van der Waals surface area contributed by atoms with Crippen LogP contribution in [0.15, 0.2) is 85.1 Å². The van der Waals surface area contributed by atoms with Crippen molar-refractivity contribution in [2.45, 2.75) is 44.0 Å². The van der Waals surface area contributed by atoms with Crippen molar-refractivity contribution < 1.29 is 33.0 Å². The second-order valence-corrected chi connectivity index (χ2v) is 12.3. The lowest BCUT2D eigenvalue weighted by Crippen LogP contribution is -2.23. The molecule has 1 unspecified atom stereocenters. The lowest BCUT2D eigenvalue weighted by atomic mass is 10.0. The molecular weight excluding hydrogens is 629 g/mol. The average Bonchev–Trinajstić information content (AvgIpc) is 3.61. The van der Waals surface area contributed by atoms with Crippen molar-refractivity contribution in [1.29, 1.82) is 0 Å². The minimum absolute atomic E-state index is 0.0808. The molecule has 12 heteroatoms. The number of alkyl halides is 3. The van der Waals surface area contributed by atoms with E-state index in [-0.39, 0.29) is 18.5 Å². The van der Waals surface area contributed by atoms with Gasteiger partial charge >= 0.3 is 12.1 Å². The second kappa shape index (κ2) is 15.4. The van der Waals surface area contributed by atoms with Crippen LogP contribution in [0.2, 0.25) is 0 Å². The first-order chi connectivity index (χ1) is 22.6. The van der Waals surface area contributed by atoms with Crippen LogP contribution in [0.25, 0.3) is 11.3 Å². The number of nitrogens with one attached hydrogen (secondary N) is 2. The maximum absolute atomic E-state index is 13.1. The number of nitrogens with zero attached hydrogens (tertiary/aromatic N) is 2. The van der Waals surface area contributed by atoms with Crippen LogP contribution in [-0.4, -0.2) is 45.9 Å². The third-order valence-corrected chi connectivity index (χ3v) is 8.80. The Morgan fingerprint density at radius 2 is 1.72 bits per heavy atom. The van der Waals surface area contributed by atoms with Gasteiger partial charge in [0.05, 0.1) is 17.7 Å². The average molecular weight is 665 g/mol. The van der Waals surface area contributed by atoms with E-state index < -0.39 is 29.8 Å². The smallest absolute Gasteiger partial charge is 0.416 e. The first kappa shape index (κ1) is 33.8. The van der Waals surface area contributed by atoms with Gasteiger partial charge in [0.1, 0.15) is 0 Å². The molecule has 0 radical (unpaired) electrons. The molecule has 8 nitrogen and oxygen atoms in total. The zero-order valence-corrected chi connectivity index (χ0v) is 26.3. The number of carboxylic acids is 1. The van der Waals surface area contributed by atoms with Crippen molar-refractivity contribution in [2.24, 2.45) is 0 Å². The Balaban J connectivity index is 1.36. The molecule has 246 valence electrons. The van der Waals surface area contributed by atoms with Gasteiger partial charge in [0.2, 0.25) is 0 Å². The number of carboxylic acid groups (broad SMARTS) is 1. The number of benzene rings is 3. The fourth-order valence-corrected chi connectivity index (χ4v) is 6.21. The Labute approximate surface area is 275 Å². The van der Waals surface area contributed by atoms with Gasteiger partial charge in [-0.3, -0.25) is 14.6 Å². The van der Waals surface area contributed by atoms with Gasteiger partial charge in [-0.15, -0.1) is 0 Å². The van der Waals surface area contributed by atoms with E-state index >= 15 is 0 Å². The van der Waals surface area contributed by atoms with E-state index in [0.717, 1.165) is 49.3 Å². The first-order valence-corrected chi connectivity index (χ1v) is 16.3. The molecule has 1 aromatic heterocycles. The predicted octanol–water partition coefficient (Wildman–Crippen LogP) is 7.11. The minimum atomic E-state index is -4.48. The Hall–Kier alpha value is -4.55. The number of aromatic nitrogens is 1. The van der Waals surface area contributed by atoms with Crippen molar-refractivity contribution in [3.63, 3.8) is 0 Å². The van der Waals surface area contributed by atoms with Gasteiger partial charge in [-0.05, 0) is 66.4 Å². The molecule has 0 aliphatic carbocycles. The van der Waals surface area contributed by atoms with Crippen molar-refractivity contribution in [2.75, 3.05) is 29.1 Å². The van der Waals surface area contributed by atoms with Crippen molar-refractivity contribution >= 4 is 35.0 Å². The summed E-state index contributed by atoms with van der Waals surface area (Å²) >= 11 is 1.51. The summed E-state index contributed by atoms with van der Waals surface area (Å²) in [7, 11) is 0. The Morgan fingerprint density at radius 1 is 0.957 bits per heavy atom. The molecule has 0 spiro atoms. The summed E-state index contributed by atoms with van der Waals surface area (Å²) in [5.74, 6) is -0.207. The van der Waals surface area contributed by atoms with E-state index in [0.29, 0.717) is 39.6 Å². The number of hydrogen-bond donors (Lipinski definition) is 4. The molecule has 4 aromatic rings. The predicted molar refractivity (Wildman–Crippen MR) is 177 cm³/mol. The summed E-state index contributed by atoms with van der Waals surface area (Å²) in [6.45, 7) is 1.75. The number of carbonyl (C=O) groups excluding carboxylic acids is 1. The van der Waals surface area contributed by atoms with E-state index in [9.17, 15) is 27.9 Å². The largest absolute Gasteiger partial charge is 0.481 e. The van der Waals surface area contributed by atoms with Crippen LogP contribution >= 0.6 is 11.8 Å². The quantitative estimate of drug-likeness (QED) is 0.0884. The van der Waals surface area contributed by atoms with E-state index in [1.54, 1.807) is 12.1 Å². The fourth-order valence-electron chi connectivity index (χ4n) is 5.34. The van der Waals surface area contributed by atoms with Crippen LogP contribution in [0.1, 0.15) is 58.1 Å². The van der Waals surface area contributed by atoms with Crippen molar-refractivity contribution in [1.82, 2.24) is 10.3 Å². The topological polar surface area (TPSA) is 115 Å². The second-order valence-electron chi connectivity index (χ2n) is 11.2. The molecule has 1 atom stereocenters. The van der Waals surface area contributed by atoms with Crippen molar-refractivity contribution in [3.8, 4) is 11.3 Å². The van der Waals surface area contributed by atoms with E-state index in [1.165, 1.54) is 36.2 Å². The maximum Gasteiger partial charge on any atom is 0.416 e. The normalized spacial score (nSPS) is 13.7. The molecule has 1 fully saturated rings. The molecule has 1 aliphatic rings. The molecule has 3 aromatic carbocycles. The summed E-state index contributed by atoms with van der Waals surface area (Å²) in [6, 6.07) is 21.3. The van der Waals surface area contributed by atoms with Gasteiger partial charge in [0, 0.05) is 65.4 Å². The number of pyridine rings is 1. The van der Waals surface area contributed by atoms with E-state index in [1.807, 2.05) is 36.4 Å². The Bertz CT molecular complexity index is 1710. The molecule has 2 heterocycles. The molecule has 1 aliphatic heterocycles. The van der Waals surface area contributed by atoms with Gasteiger partial charge in [-0.1, -0.05) is 36.4 Å². The number of hydrogen-bond acceptors (Lipinski definition) is 7. The van der Waals surface area contributed by atoms with Gasteiger partial charge in [0.15, 0.2) is 6.23 Å². The highest BCUT2D eigenvalue weighted by Gasteiger charge is 2.30. The number of rotatable bonds is 13. The summed E-state index contributed by atoms with van der Waals surface area (Å²) in [4.78, 5) is 30.7. The number of carbonyl (C=O) groups is 2. The van der Waals surface area contributed by atoms with Gasteiger partial charge in [0.25, 0.3) is 5.91 Å². The standard InChI is InChI=1S/C35H35F3N4O4S/c36-35(37,38)27-8-4-5-23(18-27)21-40-33(45)26-11-13-39-31(19-26)29-20-28(42-14-1-2-15-42)9-10-30(29)41-34(46)25-7-3-6-24(17-25)22-47-16-12-32(43)44/h3-11,13,17-20,34,41,46H,1-2,12,14-16,21-22H2,(H,40,45)(H,43,44). The number of halogens is 3. The summed E-state index contributed by atoms with van der Waals surface area (Å²) < 4.78 is 39.4. The highest BCUT2D eigenvalue weighted by molar-refractivity contribution is 7.98. The fraction of sp³-hybridized carbons (Fsp3) is 0.286. The van der Waals surface area contributed by atoms with Crippen LogP contribution in [0.5, 0.6) is 0 Å². The zero-order valence-electron chi connectivity index (χ0n) is 25.5. The lowest BCUT2D eigenvalue weighted by Gasteiger charge is -2.22. The van der Waals surface area contributed by atoms with E-state index in [2.05, 4.69) is 20.5 Å². The molecular formula is C35H35F3N4O4S. The number of anilines is 2. The molecule has 4 N–H and O–H groups in total. The number of thioether (sulfide) groups is 1. The summed E-state index contributed by atoms with van der Waals surface area (Å²) in [5, 5.41) is 26.0. The van der Waals surface area contributed by atoms with Crippen LogP contribution in [0, 0.1) is 0 Å². The van der Waals surface area contributed by atoms with Crippen LogP contribution in [0.3, 0.4) is 0 Å². The molecule has 5 rings (SSSR count). The van der Waals surface area contributed by atoms with Gasteiger partial charge < -0.3 is 25.7 Å². The van der Waals surface area contributed by atoms with Crippen molar-refractivity contribution in [3.05, 3.63) is 113 Å². The molecule has 1 amide bonds.